The molecule has 0 saturated carbocycles. The Morgan fingerprint density at radius 3 is 2.72 bits per heavy atom. The first kappa shape index (κ1) is 15.4. The van der Waals surface area contributed by atoms with Gasteiger partial charge in [0.15, 0.2) is 0 Å². The monoisotopic (exact) mass is 258 g/mol. The SMILES string of the molecule is CCNC(C)(CN1CCOC(C)(C)C1)C(=O)OC. The predicted octanol–water partition coefficient (Wildman–Crippen LogP) is 0.638. The van der Waals surface area contributed by atoms with Gasteiger partial charge in [-0.15, -0.1) is 0 Å². The topological polar surface area (TPSA) is 50.8 Å². The summed E-state index contributed by atoms with van der Waals surface area (Å²) in [6.45, 7) is 11.8. The molecule has 18 heavy (non-hydrogen) atoms. The summed E-state index contributed by atoms with van der Waals surface area (Å²) < 4.78 is 10.6. The van der Waals surface area contributed by atoms with Crippen LogP contribution in [-0.2, 0) is 14.3 Å². The maximum absolute atomic E-state index is 11.9. The minimum atomic E-state index is -0.656. The molecular weight excluding hydrogens is 232 g/mol. The number of rotatable bonds is 5. The molecule has 0 aromatic carbocycles. The minimum absolute atomic E-state index is 0.151. The number of esters is 1. The number of morpholine rings is 1. The van der Waals surface area contributed by atoms with Crippen molar-refractivity contribution in [3.63, 3.8) is 0 Å². The smallest absolute Gasteiger partial charge is 0.327 e. The summed E-state index contributed by atoms with van der Waals surface area (Å²) in [5.41, 5.74) is -0.807. The third-order valence-electron chi connectivity index (χ3n) is 3.25. The van der Waals surface area contributed by atoms with Crippen LogP contribution in [0.2, 0.25) is 0 Å². The Morgan fingerprint density at radius 1 is 1.56 bits per heavy atom. The fraction of sp³-hybridized carbons (Fsp3) is 0.923. The minimum Gasteiger partial charge on any atom is -0.468 e. The summed E-state index contributed by atoms with van der Waals surface area (Å²) >= 11 is 0. The van der Waals surface area contributed by atoms with E-state index in [2.05, 4.69) is 24.1 Å². The van der Waals surface area contributed by atoms with Crippen LogP contribution in [0.4, 0.5) is 0 Å². The zero-order valence-electron chi connectivity index (χ0n) is 12.2. The van der Waals surface area contributed by atoms with Crippen LogP contribution in [0.5, 0.6) is 0 Å². The molecule has 1 fully saturated rings. The Hall–Kier alpha value is -0.650. The molecule has 1 rings (SSSR count). The lowest BCUT2D eigenvalue weighted by Crippen LogP contribution is -2.60. The second-order valence-corrected chi connectivity index (χ2v) is 5.67. The number of methoxy groups -OCH3 is 1. The Labute approximate surface area is 110 Å². The van der Waals surface area contributed by atoms with E-state index in [1.807, 2.05) is 13.8 Å². The fourth-order valence-electron chi connectivity index (χ4n) is 2.50. The fourth-order valence-corrected chi connectivity index (χ4v) is 2.50. The summed E-state index contributed by atoms with van der Waals surface area (Å²) in [6, 6.07) is 0. The molecule has 0 spiro atoms. The van der Waals surface area contributed by atoms with Crippen molar-refractivity contribution in [1.82, 2.24) is 10.2 Å². The van der Waals surface area contributed by atoms with E-state index in [0.717, 1.165) is 19.6 Å². The molecule has 0 bridgehead atoms. The zero-order chi connectivity index (χ0) is 13.8. The number of hydrogen-bond acceptors (Lipinski definition) is 5. The zero-order valence-corrected chi connectivity index (χ0v) is 12.2. The normalized spacial score (nSPS) is 23.4. The first-order valence-electron chi connectivity index (χ1n) is 6.53. The summed E-state index contributed by atoms with van der Waals surface area (Å²) in [6.07, 6.45) is 0. The van der Waals surface area contributed by atoms with Crippen molar-refractivity contribution < 1.29 is 14.3 Å². The summed E-state index contributed by atoms with van der Waals surface area (Å²) in [5, 5.41) is 3.23. The lowest BCUT2D eigenvalue weighted by atomic mass is 9.99. The third-order valence-corrected chi connectivity index (χ3v) is 3.25. The number of nitrogens with one attached hydrogen (secondary N) is 1. The molecule has 1 unspecified atom stereocenters. The predicted molar refractivity (Wildman–Crippen MR) is 70.6 cm³/mol. The summed E-state index contributed by atoms with van der Waals surface area (Å²) in [5.74, 6) is -0.214. The van der Waals surface area contributed by atoms with Gasteiger partial charge in [0.05, 0.1) is 19.3 Å². The van der Waals surface area contributed by atoms with Crippen LogP contribution in [-0.4, -0.2) is 61.9 Å². The van der Waals surface area contributed by atoms with E-state index in [0.29, 0.717) is 13.2 Å². The second-order valence-electron chi connectivity index (χ2n) is 5.67. The number of likely N-dealkylation sites (N-methyl/N-ethyl adjacent to an activating group) is 1. The highest BCUT2D eigenvalue weighted by atomic mass is 16.5. The lowest BCUT2D eigenvalue weighted by molar-refractivity contribution is -0.151. The molecule has 106 valence electrons. The molecule has 0 amide bonds. The first-order valence-corrected chi connectivity index (χ1v) is 6.53. The van der Waals surface area contributed by atoms with Gasteiger partial charge < -0.3 is 14.8 Å². The maximum atomic E-state index is 11.9. The summed E-state index contributed by atoms with van der Waals surface area (Å²) in [4.78, 5) is 14.2. The quantitative estimate of drug-likeness (QED) is 0.733. The number of hydrogen-bond donors (Lipinski definition) is 1. The third kappa shape index (κ3) is 3.93. The van der Waals surface area contributed by atoms with Crippen molar-refractivity contribution in [2.75, 3.05) is 39.9 Å². The van der Waals surface area contributed by atoms with Crippen LogP contribution >= 0.6 is 0 Å². The van der Waals surface area contributed by atoms with Crippen LogP contribution in [0, 0.1) is 0 Å². The van der Waals surface area contributed by atoms with Crippen LogP contribution in [0.1, 0.15) is 27.7 Å². The van der Waals surface area contributed by atoms with E-state index in [4.69, 9.17) is 9.47 Å². The number of nitrogens with zero attached hydrogens (tertiary/aromatic N) is 1. The van der Waals surface area contributed by atoms with Crippen molar-refractivity contribution in [3.8, 4) is 0 Å². The van der Waals surface area contributed by atoms with Crippen LogP contribution in [0.25, 0.3) is 0 Å². The Kier molecular flexibility index (Phi) is 5.13. The van der Waals surface area contributed by atoms with Gasteiger partial charge in [0.25, 0.3) is 0 Å². The van der Waals surface area contributed by atoms with Gasteiger partial charge in [0.2, 0.25) is 0 Å². The molecule has 0 aromatic rings. The van der Waals surface area contributed by atoms with Crippen LogP contribution < -0.4 is 5.32 Å². The Balaban J connectivity index is 2.68. The summed E-state index contributed by atoms with van der Waals surface area (Å²) in [7, 11) is 1.43. The van der Waals surface area contributed by atoms with E-state index in [-0.39, 0.29) is 11.6 Å². The molecule has 1 heterocycles. The largest absolute Gasteiger partial charge is 0.468 e. The van der Waals surface area contributed by atoms with Crippen molar-refractivity contribution in [1.29, 1.82) is 0 Å². The number of ether oxygens (including phenoxy) is 2. The van der Waals surface area contributed by atoms with E-state index in [1.165, 1.54) is 7.11 Å². The first-order chi connectivity index (χ1) is 8.33. The van der Waals surface area contributed by atoms with Gasteiger partial charge in [-0.3, -0.25) is 9.69 Å². The average molecular weight is 258 g/mol. The van der Waals surface area contributed by atoms with Gasteiger partial charge in [0.1, 0.15) is 5.54 Å². The van der Waals surface area contributed by atoms with Crippen LogP contribution in [0.15, 0.2) is 0 Å². The van der Waals surface area contributed by atoms with E-state index in [1.54, 1.807) is 0 Å². The molecule has 5 nitrogen and oxygen atoms in total. The van der Waals surface area contributed by atoms with Crippen LogP contribution in [0.3, 0.4) is 0 Å². The lowest BCUT2D eigenvalue weighted by Gasteiger charge is -2.41. The molecule has 1 atom stereocenters. The van der Waals surface area contributed by atoms with Gasteiger partial charge in [-0.2, -0.15) is 0 Å². The van der Waals surface area contributed by atoms with E-state index < -0.39 is 5.54 Å². The molecule has 1 aliphatic rings. The maximum Gasteiger partial charge on any atom is 0.327 e. The van der Waals surface area contributed by atoms with Crippen molar-refractivity contribution in [2.24, 2.45) is 0 Å². The molecule has 5 heteroatoms. The van der Waals surface area contributed by atoms with Gasteiger partial charge in [-0.05, 0) is 27.3 Å². The standard InChI is InChI=1S/C13H26N2O3/c1-6-14-13(4,11(16)17-5)10-15-7-8-18-12(2,3)9-15/h14H,6-10H2,1-5H3. The second kappa shape index (κ2) is 5.99. The molecule has 0 radical (unpaired) electrons. The number of carbonyl (C=O) groups is 1. The van der Waals surface area contributed by atoms with Crippen molar-refractivity contribution in [2.45, 2.75) is 38.8 Å². The molecule has 0 aliphatic carbocycles. The molecule has 1 N–H and O–H groups in total. The van der Waals surface area contributed by atoms with Crippen molar-refractivity contribution >= 4 is 5.97 Å². The van der Waals surface area contributed by atoms with Gasteiger partial charge in [0, 0.05) is 19.6 Å². The van der Waals surface area contributed by atoms with Crippen molar-refractivity contribution in [3.05, 3.63) is 0 Å². The van der Waals surface area contributed by atoms with Gasteiger partial charge in [-0.1, -0.05) is 6.92 Å². The molecule has 1 aliphatic heterocycles. The Morgan fingerprint density at radius 2 is 2.22 bits per heavy atom. The van der Waals surface area contributed by atoms with E-state index >= 15 is 0 Å². The highest BCUT2D eigenvalue weighted by molar-refractivity contribution is 5.80. The van der Waals surface area contributed by atoms with Gasteiger partial charge in [-0.25, -0.2) is 0 Å². The highest BCUT2D eigenvalue weighted by Gasteiger charge is 2.38. The molecule has 0 aromatic heterocycles. The number of carbonyl (C=O) groups excluding carboxylic acids is 1. The average Bonchev–Trinajstić information content (AvgIpc) is 2.26. The van der Waals surface area contributed by atoms with Gasteiger partial charge >= 0.3 is 5.97 Å². The molecular formula is C13H26N2O3. The Bertz CT molecular complexity index is 294. The highest BCUT2D eigenvalue weighted by Crippen LogP contribution is 2.19. The van der Waals surface area contributed by atoms with E-state index in [9.17, 15) is 4.79 Å². The molecule has 1 saturated heterocycles.